The van der Waals surface area contributed by atoms with Crippen molar-refractivity contribution in [2.24, 2.45) is 9.98 Å². The fourth-order valence-electron chi connectivity index (χ4n) is 1.48. The molecule has 3 aliphatic heterocycles. The molecule has 0 unspecified atom stereocenters. The van der Waals surface area contributed by atoms with Gasteiger partial charge in [0.15, 0.2) is 23.3 Å². The first-order chi connectivity index (χ1) is 6.36. The van der Waals surface area contributed by atoms with Crippen LogP contribution in [0.4, 0.5) is 0 Å². The number of rotatable bonds is 0. The van der Waals surface area contributed by atoms with Crippen LogP contribution >= 0.6 is 0 Å². The van der Waals surface area contributed by atoms with Gasteiger partial charge < -0.3 is 16.0 Å². The van der Waals surface area contributed by atoms with Gasteiger partial charge in [0.05, 0.1) is 6.67 Å². The number of fused-ring (bicyclic) bond motifs is 1. The molecule has 0 aliphatic carbocycles. The summed E-state index contributed by atoms with van der Waals surface area (Å²) in [5.74, 6) is 2.41. The largest absolute Gasteiger partial charge is 0.351 e. The van der Waals surface area contributed by atoms with Gasteiger partial charge >= 0.3 is 0 Å². The third-order valence-electron chi connectivity index (χ3n) is 2.07. The fraction of sp³-hybridized carbons (Fsp3) is 0.333. The van der Waals surface area contributed by atoms with E-state index < -0.39 is 0 Å². The zero-order valence-electron chi connectivity index (χ0n) is 6.70. The van der Waals surface area contributed by atoms with Crippen LogP contribution in [0.15, 0.2) is 21.6 Å². The zero-order valence-corrected chi connectivity index (χ0v) is 6.70. The molecule has 0 aromatic heterocycles. The van der Waals surface area contributed by atoms with Crippen LogP contribution in [0.25, 0.3) is 0 Å². The normalized spacial score (nSPS) is 23.9. The van der Waals surface area contributed by atoms with Crippen molar-refractivity contribution < 1.29 is 5.21 Å². The van der Waals surface area contributed by atoms with Crippen LogP contribution in [0, 0.1) is 0 Å². The minimum Gasteiger partial charge on any atom is -0.351 e. The molecule has 0 fully saturated rings. The van der Waals surface area contributed by atoms with Crippen molar-refractivity contribution in [1.82, 2.24) is 21.0 Å². The van der Waals surface area contributed by atoms with Gasteiger partial charge in [-0.1, -0.05) is 0 Å². The van der Waals surface area contributed by atoms with Crippen LogP contribution in [0.5, 0.6) is 0 Å². The lowest BCUT2D eigenvalue weighted by molar-refractivity contribution is 0.0161. The van der Waals surface area contributed by atoms with Crippen molar-refractivity contribution in [2.75, 3.05) is 13.3 Å². The highest BCUT2D eigenvalue weighted by atomic mass is 16.5. The first-order valence-corrected chi connectivity index (χ1v) is 3.93. The maximum absolute atomic E-state index is 9.67. The molecule has 0 aromatic carbocycles. The van der Waals surface area contributed by atoms with E-state index in [4.69, 9.17) is 0 Å². The third-order valence-corrected chi connectivity index (χ3v) is 2.07. The van der Waals surface area contributed by atoms with Gasteiger partial charge in [-0.25, -0.2) is 9.98 Å². The summed E-state index contributed by atoms with van der Waals surface area (Å²) in [4.78, 5) is 8.09. The highest BCUT2D eigenvalue weighted by Crippen LogP contribution is 2.14. The van der Waals surface area contributed by atoms with Gasteiger partial charge in [0.1, 0.15) is 6.67 Å². The zero-order chi connectivity index (χ0) is 8.84. The van der Waals surface area contributed by atoms with Crippen molar-refractivity contribution in [3.8, 4) is 0 Å². The molecule has 0 radical (unpaired) electrons. The Morgan fingerprint density at radius 3 is 3.15 bits per heavy atom. The Labute approximate surface area is 73.8 Å². The van der Waals surface area contributed by atoms with Gasteiger partial charge in [-0.3, -0.25) is 5.21 Å². The van der Waals surface area contributed by atoms with Crippen molar-refractivity contribution in [3.63, 3.8) is 0 Å². The minimum absolute atomic E-state index is 0.370. The Balaban J connectivity index is 2.07. The highest BCUT2D eigenvalue weighted by Gasteiger charge is 2.33. The van der Waals surface area contributed by atoms with Gasteiger partial charge in [-0.05, 0) is 0 Å². The predicted molar refractivity (Wildman–Crippen MR) is 44.7 cm³/mol. The van der Waals surface area contributed by atoms with Gasteiger partial charge in [0.2, 0.25) is 0 Å². The maximum atomic E-state index is 9.67. The second kappa shape index (κ2) is 2.13. The molecule has 0 bridgehead atoms. The molecule has 4 N–H and O–H groups in total. The molecule has 3 heterocycles. The average molecular weight is 180 g/mol. The third kappa shape index (κ3) is 0.760. The van der Waals surface area contributed by atoms with E-state index in [9.17, 15) is 5.21 Å². The van der Waals surface area contributed by atoms with E-state index in [2.05, 4.69) is 25.9 Å². The molecule has 13 heavy (non-hydrogen) atoms. The summed E-state index contributed by atoms with van der Waals surface area (Å²) in [6, 6.07) is 0. The van der Waals surface area contributed by atoms with E-state index in [-0.39, 0.29) is 0 Å². The molecule has 7 heteroatoms. The lowest BCUT2D eigenvalue weighted by atomic mass is 10.4. The average Bonchev–Trinajstić information content (AvgIpc) is 2.71. The summed E-state index contributed by atoms with van der Waals surface area (Å²) >= 11 is 0. The van der Waals surface area contributed by atoms with Crippen molar-refractivity contribution in [2.45, 2.75) is 0 Å². The molecule has 0 saturated heterocycles. The molecule has 0 aromatic rings. The molecule has 68 valence electrons. The number of hydrogen-bond donors (Lipinski definition) is 4. The molecule has 0 saturated carbocycles. The highest BCUT2D eigenvalue weighted by molar-refractivity contribution is 6.42. The summed E-state index contributed by atoms with van der Waals surface area (Å²) in [5, 5.41) is 19.7. The first kappa shape index (κ1) is 6.72. The fourth-order valence-corrected chi connectivity index (χ4v) is 1.48. The van der Waals surface area contributed by atoms with Crippen LogP contribution in [0.3, 0.4) is 0 Å². The van der Waals surface area contributed by atoms with Gasteiger partial charge in [-0.15, -0.1) is 0 Å². The summed E-state index contributed by atoms with van der Waals surface area (Å²) in [6.07, 6.45) is 0. The first-order valence-electron chi connectivity index (χ1n) is 3.93. The lowest BCUT2D eigenvalue weighted by Crippen LogP contribution is -2.47. The van der Waals surface area contributed by atoms with E-state index in [1.165, 1.54) is 0 Å². The second-order valence-corrected chi connectivity index (χ2v) is 2.82. The molecular formula is C6H8N6O. The van der Waals surface area contributed by atoms with E-state index in [0.717, 1.165) is 10.9 Å². The Kier molecular flexibility index (Phi) is 1.10. The summed E-state index contributed by atoms with van der Waals surface area (Å²) < 4.78 is 0. The molecule has 3 rings (SSSR count). The van der Waals surface area contributed by atoms with Crippen molar-refractivity contribution in [3.05, 3.63) is 11.6 Å². The molecule has 7 nitrogen and oxygen atoms in total. The van der Waals surface area contributed by atoms with E-state index in [1.54, 1.807) is 0 Å². The van der Waals surface area contributed by atoms with Gasteiger partial charge in [0, 0.05) is 0 Å². The van der Waals surface area contributed by atoms with Crippen LogP contribution < -0.4 is 16.0 Å². The SMILES string of the molecule is ON1C2=NCN=C2NC2=C1NCN2. The molecule has 0 amide bonds. The van der Waals surface area contributed by atoms with Gasteiger partial charge in [0.25, 0.3) is 0 Å². The number of nitrogens with one attached hydrogen (secondary N) is 3. The maximum Gasteiger partial charge on any atom is 0.199 e. The molecule has 0 spiro atoms. The van der Waals surface area contributed by atoms with Crippen molar-refractivity contribution in [1.29, 1.82) is 0 Å². The Morgan fingerprint density at radius 1 is 1.31 bits per heavy atom. The smallest absolute Gasteiger partial charge is 0.199 e. The van der Waals surface area contributed by atoms with Crippen LogP contribution in [0.2, 0.25) is 0 Å². The van der Waals surface area contributed by atoms with E-state index in [1.807, 2.05) is 0 Å². The van der Waals surface area contributed by atoms with E-state index >= 15 is 0 Å². The van der Waals surface area contributed by atoms with Crippen molar-refractivity contribution >= 4 is 11.7 Å². The number of hydrogen-bond acceptors (Lipinski definition) is 7. The minimum atomic E-state index is 0.370. The Bertz CT molecular complexity index is 356. The molecular weight excluding hydrogens is 172 g/mol. The Morgan fingerprint density at radius 2 is 2.23 bits per heavy atom. The van der Waals surface area contributed by atoms with Crippen LogP contribution in [0.1, 0.15) is 0 Å². The van der Waals surface area contributed by atoms with Crippen LogP contribution in [-0.2, 0) is 0 Å². The number of amidine groups is 2. The quantitative estimate of drug-likeness (QED) is 0.358. The number of hydroxylamine groups is 2. The Hall–Kier alpha value is -1.76. The number of nitrogens with zero attached hydrogens (tertiary/aromatic N) is 3. The van der Waals surface area contributed by atoms with E-state index in [0.29, 0.717) is 30.8 Å². The van der Waals surface area contributed by atoms with Crippen LogP contribution in [-0.4, -0.2) is 35.3 Å². The van der Waals surface area contributed by atoms with Gasteiger partial charge in [-0.2, -0.15) is 5.06 Å². The topological polar surface area (TPSA) is 84.3 Å². The molecule has 3 aliphatic rings. The summed E-state index contributed by atoms with van der Waals surface area (Å²) in [6.45, 7) is 0.963. The predicted octanol–water partition coefficient (Wildman–Crippen LogP) is -1.67. The lowest BCUT2D eigenvalue weighted by Gasteiger charge is -2.24. The second-order valence-electron chi connectivity index (χ2n) is 2.82. The summed E-state index contributed by atoms with van der Waals surface area (Å²) in [7, 11) is 0. The number of aliphatic imine (C=N–C) groups is 2. The standard InChI is InChI=1S/C6H8N6O/c13-12-5-3(7-1-9-5)11-4-6(12)10-2-8-4/h7,9,13H,1-2H2,(H,8,11). The summed E-state index contributed by atoms with van der Waals surface area (Å²) in [5.41, 5.74) is 0. The monoisotopic (exact) mass is 180 g/mol. The molecule has 0 atom stereocenters.